The Hall–Kier alpha value is -2.81. The van der Waals surface area contributed by atoms with E-state index in [9.17, 15) is 9.90 Å². The SMILES string of the molecule is O=C(/C=C/c1ccc(O)cc1)c1cc2ccccc2o1. The molecule has 2 aromatic carbocycles. The number of furan rings is 1. The topological polar surface area (TPSA) is 50.4 Å². The Labute approximate surface area is 115 Å². The van der Waals surface area contributed by atoms with Gasteiger partial charge < -0.3 is 9.52 Å². The number of allylic oxidation sites excluding steroid dienone is 1. The zero-order valence-corrected chi connectivity index (χ0v) is 10.6. The lowest BCUT2D eigenvalue weighted by Crippen LogP contribution is -1.90. The summed E-state index contributed by atoms with van der Waals surface area (Å²) in [6.45, 7) is 0. The van der Waals surface area contributed by atoms with Crippen molar-refractivity contribution in [2.45, 2.75) is 0 Å². The van der Waals surface area contributed by atoms with Crippen molar-refractivity contribution in [1.29, 1.82) is 0 Å². The van der Waals surface area contributed by atoms with Crippen molar-refractivity contribution in [1.82, 2.24) is 0 Å². The summed E-state index contributed by atoms with van der Waals surface area (Å²) in [6, 6.07) is 15.9. The molecule has 0 aliphatic carbocycles. The number of benzene rings is 2. The molecule has 1 aromatic heterocycles. The second-order valence-electron chi connectivity index (χ2n) is 4.44. The molecule has 0 spiro atoms. The van der Waals surface area contributed by atoms with Gasteiger partial charge in [-0.25, -0.2) is 0 Å². The normalized spacial score (nSPS) is 11.2. The fourth-order valence-electron chi connectivity index (χ4n) is 1.94. The van der Waals surface area contributed by atoms with E-state index in [0.717, 1.165) is 10.9 Å². The van der Waals surface area contributed by atoms with E-state index in [4.69, 9.17) is 4.42 Å². The second-order valence-corrected chi connectivity index (χ2v) is 4.44. The molecule has 1 N–H and O–H groups in total. The van der Waals surface area contributed by atoms with Crippen LogP contribution < -0.4 is 0 Å². The quantitative estimate of drug-likeness (QED) is 0.574. The zero-order chi connectivity index (χ0) is 13.9. The summed E-state index contributed by atoms with van der Waals surface area (Å²) >= 11 is 0. The number of para-hydroxylation sites is 1. The smallest absolute Gasteiger partial charge is 0.221 e. The first-order valence-electron chi connectivity index (χ1n) is 6.22. The lowest BCUT2D eigenvalue weighted by Gasteiger charge is -1.93. The van der Waals surface area contributed by atoms with Crippen LogP contribution in [0.4, 0.5) is 0 Å². The third kappa shape index (κ3) is 2.47. The molecular formula is C17H12O3. The van der Waals surface area contributed by atoms with Gasteiger partial charge in [-0.1, -0.05) is 36.4 Å². The molecule has 0 fully saturated rings. The van der Waals surface area contributed by atoms with E-state index in [-0.39, 0.29) is 11.5 Å². The van der Waals surface area contributed by atoms with Gasteiger partial charge in [0.25, 0.3) is 0 Å². The van der Waals surface area contributed by atoms with Gasteiger partial charge in [-0.2, -0.15) is 0 Å². The molecule has 0 saturated heterocycles. The number of carbonyl (C=O) groups is 1. The molecule has 0 unspecified atom stereocenters. The molecule has 98 valence electrons. The lowest BCUT2D eigenvalue weighted by molar-refractivity contribution is 0.102. The van der Waals surface area contributed by atoms with Crippen LogP contribution in [0.15, 0.2) is 65.1 Å². The first kappa shape index (κ1) is 12.2. The summed E-state index contributed by atoms with van der Waals surface area (Å²) in [6.07, 6.45) is 3.15. The third-order valence-electron chi connectivity index (χ3n) is 2.99. The highest BCUT2D eigenvalue weighted by atomic mass is 16.3. The van der Waals surface area contributed by atoms with Gasteiger partial charge in [-0.15, -0.1) is 0 Å². The van der Waals surface area contributed by atoms with Crippen LogP contribution >= 0.6 is 0 Å². The molecule has 3 rings (SSSR count). The van der Waals surface area contributed by atoms with E-state index in [0.29, 0.717) is 11.3 Å². The molecule has 0 saturated carbocycles. The minimum atomic E-state index is -0.186. The molecule has 0 aliphatic heterocycles. The average Bonchev–Trinajstić information content (AvgIpc) is 2.90. The van der Waals surface area contributed by atoms with E-state index in [1.54, 1.807) is 36.4 Å². The Morgan fingerprint density at radius 1 is 1.05 bits per heavy atom. The van der Waals surface area contributed by atoms with Crippen molar-refractivity contribution in [2.24, 2.45) is 0 Å². The first-order chi connectivity index (χ1) is 9.72. The number of ketones is 1. The minimum absolute atomic E-state index is 0.186. The van der Waals surface area contributed by atoms with Crippen LogP contribution in [0.5, 0.6) is 5.75 Å². The van der Waals surface area contributed by atoms with E-state index < -0.39 is 0 Å². The first-order valence-corrected chi connectivity index (χ1v) is 6.22. The van der Waals surface area contributed by atoms with Crippen LogP contribution in [0.1, 0.15) is 16.1 Å². The highest BCUT2D eigenvalue weighted by Crippen LogP contribution is 2.19. The maximum Gasteiger partial charge on any atom is 0.221 e. The highest BCUT2D eigenvalue weighted by molar-refractivity contribution is 6.06. The van der Waals surface area contributed by atoms with Crippen LogP contribution in [0.25, 0.3) is 17.0 Å². The van der Waals surface area contributed by atoms with Crippen molar-refractivity contribution in [2.75, 3.05) is 0 Å². The van der Waals surface area contributed by atoms with Crippen molar-refractivity contribution in [3.05, 3.63) is 72.0 Å². The van der Waals surface area contributed by atoms with Gasteiger partial charge in [0.15, 0.2) is 5.76 Å². The summed E-state index contributed by atoms with van der Waals surface area (Å²) in [5.74, 6) is 0.335. The minimum Gasteiger partial charge on any atom is -0.508 e. The number of rotatable bonds is 3. The molecule has 0 atom stereocenters. The Morgan fingerprint density at radius 3 is 2.55 bits per heavy atom. The number of hydrogen-bond acceptors (Lipinski definition) is 3. The van der Waals surface area contributed by atoms with Gasteiger partial charge in [-0.05, 0) is 35.9 Å². The summed E-state index contributed by atoms with van der Waals surface area (Å²) in [4.78, 5) is 12.0. The average molecular weight is 264 g/mol. The summed E-state index contributed by atoms with van der Waals surface area (Å²) < 4.78 is 5.50. The zero-order valence-electron chi connectivity index (χ0n) is 10.6. The van der Waals surface area contributed by atoms with Gasteiger partial charge in [-0.3, -0.25) is 4.79 Å². The Kier molecular flexibility index (Phi) is 3.09. The summed E-state index contributed by atoms with van der Waals surface area (Å²) in [5.41, 5.74) is 1.54. The lowest BCUT2D eigenvalue weighted by atomic mass is 10.1. The van der Waals surface area contributed by atoms with Gasteiger partial charge in [0, 0.05) is 5.39 Å². The third-order valence-corrected chi connectivity index (χ3v) is 2.99. The predicted octanol–water partition coefficient (Wildman–Crippen LogP) is 4.03. The maximum atomic E-state index is 12.0. The Morgan fingerprint density at radius 2 is 1.80 bits per heavy atom. The number of hydrogen-bond donors (Lipinski definition) is 1. The van der Waals surface area contributed by atoms with Crippen LogP contribution in [0.3, 0.4) is 0 Å². The van der Waals surface area contributed by atoms with Crippen LogP contribution in [0.2, 0.25) is 0 Å². The maximum absolute atomic E-state index is 12.0. The number of carbonyl (C=O) groups excluding carboxylic acids is 1. The van der Waals surface area contributed by atoms with Gasteiger partial charge in [0.1, 0.15) is 11.3 Å². The Bertz CT molecular complexity index is 746. The fourth-order valence-corrected chi connectivity index (χ4v) is 1.94. The van der Waals surface area contributed by atoms with E-state index >= 15 is 0 Å². The Balaban J connectivity index is 1.83. The van der Waals surface area contributed by atoms with Crippen LogP contribution in [0, 0.1) is 0 Å². The van der Waals surface area contributed by atoms with Crippen molar-refractivity contribution in [3.8, 4) is 5.75 Å². The van der Waals surface area contributed by atoms with Crippen molar-refractivity contribution in [3.63, 3.8) is 0 Å². The fraction of sp³-hybridized carbons (Fsp3) is 0. The molecule has 0 aliphatic rings. The van der Waals surface area contributed by atoms with Crippen LogP contribution in [-0.2, 0) is 0 Å². The predicted molar refractivity (Wildman–Crippen MR) is 77.7 cm³/mol. The van der Waals surface area contributed by atoms with E-state index in [2.05, 4.69) is 0 Å². The van der Waals surface area contributed by atoms with Gasteiger partial charge >= 0.3 is 0 Å². The van der Waals surface area contributed by atoms with Gasteiger partial charge in [0.05, 0.1) is 0 Å². The largest absolute Gasteiger partial charge is 0.508 e. The monoisotopic (exact) mass is 264 g/mol. The number of phenolic OH excluding ortho intramolecular Hbond substituents is 1. The molecule has 3 aromatic rings. The molecule has 3 nitrogen and oxygen atoms in total. The van der Waals surface area contributed by atoms with Crippen molar-refractivity contribution < 1.29 is 14.3 Å². The molecule has 0 amide bonds. The molecule has 1 heterocycles. The van der Waals surface area contributed by atoms with E-state index in [1.807, 2.05) is 24.3 Å². The van der Waals surface area contributed by atoms with Crippen molar-refractivity contribution >= 4 is 22.8 Å². The summed E-state index contributed by atoms with van der Waals surface area (Å²) in [7, 11) is 0. The highest BCUT2D eigenvalue weighted by Gasteiger charge is 2.08. The van der Waals surface area contributed by atoms with Gasteiger partial charge in [0.2, 0.25) is 5.78 Å². The number of fused-ring (bicyclic) bond motifs is 1. The number of aromatic hydroxyl groups is 1. The molecule has 0 bridgehead atoms. The standard InChI is InChI=1S/C17H12O3/c18-14-8-5-12(6-9-14)7-10-15(19)17-11-13-3-1-2-4-16(13)20-17/h1-11,18H/b10-7+. The van der Waals surface area contributed by atoms with E-state index in [1.165, 1.54) is 6.08 Å². The molecular weight excluding hydrogens is 252 g/mol. The van der Waals surface area contributed by atoms with Crippen LogP contribution in [-0.4, -0.2) is 10.9 Å². The molecule has 20 heavy (non-hydrogen) atoms. The number of phenols is 1. The molecule has 0 radical (unpaired) electrons. The molecule has 3 heteroatoms. The summed E-state index contributed by atoms with van der Waals surface area (Å²) in [5, 5.41) is 10.1. The second kappa shape index (κ2) is 5.05.